The lowest BCUT2D eigenvalue weighted by atomic mass is 9.96. The van der Waals surface area contributed by atoms with Gasteiger partial charge in [0.25, 0.3) is 0 Å². The van der Waals surface area contributed by atoms with Crippen molar-refractivity contribution in [3.8, 4) is 0 Å². The van der Waals surface area contributed by atoms with E-state index >= 15 is 0 Å². The molecular weight excluding hydrogens is 128 g/mol. The molecule has 0 bridgehead atoms. The third-order valence-electron chi connectivity index (χ3n) is 1.64. The van der Waals surface area contributed by atoms with Crippen LogP contribution in [0.4, 0.5) is 0 Å². The Balaban J connectivity index is 0.000000371. The first-order valence-electron chi connectivity index (χ1n) is 3.64. The van der Waals surface area contributed by atoms with Crippen LogP contribution in [0.1, 0.15) is 19.3 Å². The van der Waals surface area contributed by atoms with Gasteiger partial charge in [-0.3, -0.25) is 0 Å². The normalized spacial score (nSPS) is 23.3. The van der Waals surface area contributed by atoms with E-state index < -0.39 is 0 Å². The van der Waals surface area contributed by atoms with Crippen LogP contribution < -0.4 is 0 Å². The van der Waals surface area contributed by atoms with Gasteiger partial charge in [-0.2, -0.15) is 0 Å². The van der Waals surface area contributed by atoms with Crippen molar-refractivity contribution in [2.75, 3.05) is 13.7 Å². The van der Waals surface area contributed by atoms with Crippen LogP contribution in [0.15, 0.2) is 12.2 Å². The van der Waals surface area contributed by atoms with Gasteiger partial charge in [0, 0.05) is 13.7 Å². The van der Waals surface area contributed by atoms with Gasteiger partial charge in [0.05, 0.1) is 0 Å². The topological polar surface area (TPSA) is 40.5 Å². The van der Waals surface area contributed by atoms with Gasteiger partial charge in [-0.25, -0.2) is 0 Å². The molecule has 1 rings (SSSR count). The van der Waals surface area contributed by atoms with E-state index in [0.717, 1.165) is 20.0 Å². The van der Waals surface area contributed by atoms with Gasteiger partial charge >= 0.3 is 0 Å². The summed E-state index contributed by atoms with van der Waals surface area (Å²) in [7, 11) is 1.00. The Morgan fingerprint density at radius 1 is 1.40 bits per heavy atom. The van der Waals surface area contributed by atoms with Gasteiger partial charge in [0.1, 0.15) is 0 Å². The van der Waals surface area contributed by atoms with Crippen molar-refractivity contribution in [3.63, 3.8) is 0 Å². The highest BCUT2D eigenvalue weighted by molar-refractivity contribution is 4.89. The molecule has 1 unspecified atom stereocenters. The largest absolute Gasteiger partial charge is 0.400 e. The number of hydrogen-bond donors (Lipinski definition) is 2. The molecule has 10 heavy (non-hydrogen) atoms. The van der Waals surface area contributed by atoms with Crippen molar-refractivity contribution >= 4 is 0 Å². The molecule has 0 heterocycles. The molecule has 0 saturated heterocycles. The molecule has 2 nitrogen and oxygen atoms in total. The van der Waals surface area contributed by atoms with Crippen LogP contribution in [0.2, 0.25) is 0 Å². The van der Waals surface area contributed by atoms with Crippen molar-refractivity contribution in [1.82, 2.24) is 0 Å². The standard InChI is InChI=1S/C7H12O.CH4O/c8-6-7-4-2-1-3-5-7;1-2/h1-2,7-8H,3-6H2;2H,1H3. The average molecular weight is 144 g/mol. The Morgan fingerprint density at radius 3 is 2.40 bits per heavy atom. The summed E-state index contributed by atoms with van der Waals surface area (Å²) in [5.74, 6) is 0.556. The third kappa shape index (κ3) is 3.64. The first kappa shape index (κ1) is 9.66. The molecule has 0 aromatic rings. The van der Waals surface area contributed by atoms with Crippen LogP contribution >= 0.6 is 0 Å². The molecule has 0 fully saturated rings. The SMILES string of the molecule is CO.OCC1CC=CCC1. The quantitative estimate of drug-likeness (QED) is 0.538. The maximum Gasteiger partial charge on any atom is 0.0462 e. The number of aliphatic hydroxyl groups excluding tert-OH is 2. The fourth-order valence-electron chi connectivity index (χ4n) is 1.02. The molecule has 1 aliphatic rings. The Bertz CT molecular complexity index is 89.3. The second-order valence-electron chi connectivity index (χ2n) is 2.33. The van der Waals surface area contributed by atoms with Crippen molar-refractivity contribution in [2.45, 2.75) is 19.3 Å². The maximum absolute atomic E-state index is 8.66. The average Bonchev–Trinajstić information content (AvgIpc) is 2.10. The van der Waals surface area contributed by atoms with Gasteiger partial charge in [-0.05, 0) is 25.2 Å². The lowest BCUT2D eigenvalue weighted by molar-refractivity contribution is 0.217. The summed E-state index contributed by atoms with van der Waals surface area (Å²) < 4.78 is 0. The van der Waals surface area contributed by atoms with Crippen LogP contribution in [0, 0.1) is 5.92 Å². The number of allylic oxidation sites excluding steroid dienone is 2. The van der Waals surface area contributed by atoms with E-state index in [1.807, 2.05) is 0 Å². The molecule has 0 aliphatic heterocycles. The van der Waals surface area contributed by atoms with E-state index in [9.17, 15) is 0 Å². The van der Waals surface area contributed by atoms with E-state index in [2.05, 4.69) is 12.2 Å². The Kier molecular flexibility index (Phi) is 6.55. The minimum absolute atomic E-state index is 0.365. The molecule has 0 saturated carbocycles. The van der Waals surface area contributed by atoms with Gasteiger partial charge in [0.2, 0.25) is 0 Å². The third-order valence-corrected chi connectivity index (χ3v) is 1.64. The minimum Gasteiger partial charge on any atom is -0.400 e. The second-order valence-corrected chi connectivity index (χ2v) is 2.33. The fraction of sp³-hybridized carbons (Fsp3) is 0.750. The summed E-state index contributed by atoms with van der Waals surface area (Å²) in [6.07, 6.45) is 7.76. The molecule has 0 aromatic heterocycles. The molecule has 0 spiro atoms. The maximum atomic E-state index is 8.66. The predicted octanol–water partition coefficient (Wildman–Crippen LogP) is 0.944. The molecule has 1 atom stereocenters. The van der Waals surface area contributed by atoms with Gasteiger partial charge in [-0.15, -0.1) is 0 Å². The fourth-order valence-corrected chi connectivity index (χ4v) is 1.02. The number of hydrogen-bond acceptors (Lipinski definition) is 2. The Labute approximate surface area is 62.2 Å². The van der Waals surface area contributed by atoms with Crippen LogP contribution in [0.25, 0.3) is 0 Å². The van der Waals surface area contributed by atoms with E-state index in [0.29, 0.717) is 12.5 Å². The Morgan fingerprint density at radius 2 is 2.10 bits per heavy atom. The summed E-state index contributed by atoms with van der Waals surface area (Å²) in [5, 5.41) is 15.7. The lowest BCUT2D eigenvalue weighted by Gasteiger charge is -2.13. The Hall–Kier alpha value is -0.340. The molecule has 0 aromatic carbocycles. The number of rotatable bonds is 1. The van der Waals surface area contributed by atoms with Gasteiger partial charge in [-0.1, -0.05) is 12.2 Å². The van der Waals surface area contributed by atoms with Crippen molar-refractivity contribution in [1.29, 1.82) is 0 Å². The number of aliphatic hydroxyl groups is 2. The van der Waals surface area contributed by atoms with Crippen molar-refractivity contribution in [3.05, 3.63) is 12.2 Å². The van der Waals surface area contributed by atoms with Gasteiger partial charge < -0.3 is 10.2 Å². The monoisotopic (exact) mass is 144 g/mol. The van der Waals surface area contributed by atoms with Crippen molar-refractivity contribution in [2.24, 2.45) is 5.92 Å². The molecule has 2 N–H and O–H groups in total. The molecule has 0 amide bonds. The predicted molar refractivity (Wildman–Crippen MR) is 41.7 cm³/mol. The zero-order valence-electron chi connectivity index (χ0n) is 6.45. The van der Waals surface area contributed by atoms with Gasteiger partial charge in [0.15, 0.2) is 0 Å². The van der Waals surface area contributed by atoms with E-state index in [-0.39, 0.29) is 0 Å². The summed E-state index contributed by atoms with van der Waals surface area (Å²) >= 11 is 0. The molecule has 60 valence electrons. The van der Waals surface area contributed by atoms with Crippen LogP contribution in [-0.4, -0.2) is 23.9 Å². The molecule has 1 aliphatic carbocycles. The van der Waals surface area contributed by atoms with E-state index in [1.54, 1.807) is 0 Å². The lowest BCUT2D eigenvalue weighted by Crippen LogP contribution is -2.06. The van der Waals surface area contributed by atoms with Crippen LogP contribution in [0.3, 0.4) is 0 Å². The highest BCUT2D eigenvalue weighted by atomic mass is 16.3. The first-order chi connectivity index (χ1) is 4.93. The van der Waals surface area contributed by atoms with E-state index in [1.165, 1.54) is 6.42 Å². The van der Waals surface area contributed by atoms with E-state index in [4.69, 9.17) is 10.2 Å². The first-order valence-corrected chi connectivity index (χ1v) is 3.64. The highest BCUT2D eigenvalue weighted by Crippen LogP contribution is 2.16. The smallest absolute Gasteiger partial charge is 0.0462 e. The zero-order chi connectivity index (χ0) is 7.82. The highest BCUT2D eigenvalue weighted by Gasteiger charge is 2.06. The summed E-state index contributed by atoms with van der Waals surface area (Å²) in [6.45, 7) is 0.365. The second kappa shape index (κ2) is 6.78. The summed E-state index contributed by atoms with van der Waals surface area (Å²) in [6, 6.07) is 0. The molecule has 2 heteroatoms. The minimum atomic E-state index is 0.365. The molecule has 0 radical (unpaired) electrons. The summed E-state index contributed by atoms with van der Waals surface area (Å²) in [5.41, 5.74) is 0. The molecular formula is C8H16O2. The van der Waals surface area contributed by atoms with Crippen LogP contribution in [0.5, 0.6) is 0 Å². The van der Waals surface area contributed by atoms with Crippen LogP contribution in [-0.2, 0) is 0 Å². The summed E-state index contributed by atoms with van der Waals surface area (Å²) in [4.78, 5) is 0. The van der Waals surface area contributed by atoms with Crippen molar-refractivity contribution < 1.29 is 10.2 Å². The zero-order valence-corrected chi connectivity index (χ0v) is 6.45.